The van der Waals surface area contributed by atoms with E-state index in [0.29, 0.717) is 16.2 Å². The van der Waals surface area contributed by atoms with E-state index >= 15 is 0 Å². The minimum Gasteiger partial charge on any atom is -0.459 e. The van der Waals surface area contributed by atoms with E-state index in [9.17, 15) is 9.59 Å². The van der Waals surface area contributed by atoms with Crippen molar-refractivity contribution in [3.63, 3.8) is 0 Å². The molecule has 0 aliphatic carbocycles. The minimum absolute atomic E-state index is 0.0752. The van der Waals surface area contributed by atoms with E-state index in [2.05, 4.69) is 0 Å². The summed E-state index contributed by atoms with van der Waals surface area (Å²) in [5.41, 5.74) is 1.33. The van der Waals surface area contributed by atoms with Gasteiger partial charge in [0.15, 0.2) is 5.76 Å². The van der Waals surface area contributed by atoms with E-state index in [-0.39, 0.29) is 17.5 Å². The fourth-order valence-corrected chi connectivity index (χ4v) is 3.62. The molecule has 0 radical (unpaired) electrons. The van der Waals surface area contributed by atoms with E-state index in [1.807, 2.05) is 48.5 Å². The zero-order valence-electron chi connectivity index (χ0n) is 13.1. The quantitative estimate of drug-likeness (QED) is 0.641. The lowest BCUT2D eigenvalue weighted by atomic mass is 10.1. The highest BCUT2D eigenvalue weighted by molar-refractivity contribution is 8.04. The molecule has 2 aromatic carbocycles. The molecule has 0 bridgehead atoms. The van der Waals surface area contributed by atoms with Gasteiger partial charge in [0.25, 0.3) is 5.91 Å². The van der Waals surface area contributed by atoms with Gasteiger partial charge in [-0.1, -0.05) is 42.1 Å². The first-order valence-electron chi connectivity index (χ1n) is 7.69. The smallest absolute Gasteiger partial charge is 0.298 e. The fraction of sp³-hybridized carbons (Fsp3) is 0. The maximum Gasteiger partial charge on any atom is 0.298 e. The Balaban J connectivity index is 1.75. The van der Waals surface area contributed by atoms with Gasteiger partial charge in [-0.15, -0.1) is 0 Å². The Morgan fingerprint density at radius 3 is 2.44 bits per heavy atom. The number of benzene rings is 2. The molecule has 0 fully saturated rings. The van der Waals surface area contributed by atoms with Crippen molar-refractivity contribution in [1.82, 2.24) is 0 Å². The third kappa shape index (κ3) is 2.90. The van der Waals surface area contributed by atoms with Gasteiger partial charge in [-0.05, 0) is 36.4 Å². The van der Waals surface area contributed by atoms with E-state index in [1.165, 1.54) is 22.9 Å². The average molecular weight is 347 g/mol. The molecule has 2 heterocycles. The number of thioether (sulfide) groups is 1. The van der Waals surface area contributed by atoms with Crippen LogP contribution in [0.3, 0.4) is 0 Å². The molecule has 0 saturated heterocycles. The van der Waals surface area contributed by atoms with Gasteiger partial charge in [0.1, 0.15) is 0 Å². The van der Waals surface area contributed by atoms with E-state index in [0.717, 1.165) is 4.90 Å². The van der Waals surface area contributed by atoms with Crippen LogP contribution in [0.5, 0.6) is 0 Å². The Morgan fingerprint density at radius 2 is 1.72 bits per heavy atom. The average Bonchev–Trinajstić information content (AvgIpc) is 3.29. The lowest BCUT2D eigenvalue weighted by Gasteiger charge is -2.18. The highest BCUT2D eigenvalue weighted by atomic mass is 32.2. The normalized spacial score (nSPS) is 14.6. The molecular weight excluding hydrogens is 334 g/mol. The lowest BCUT2D eigenvalue weighted by molar-refractivity contribution is 0.0971. The number of Topliss-reactive ketones (excluding diaryl/α,β-unsaturated/α-hetero) is 1. The van der Waals surface area contributed by atoms with Crippen molar-refractivity contribution < 1.29 is 14.0 Å². The van der Waals surface area contributed by atoms with Gasteiger partial charge in [-0.3, -0.25) is 14.5 Å². The number of fused-ring (bicyclic) bond motifs is 1. The molecule has 3 aromatic rings. The van der Waals surface area contributed by atoms with Crippen LogP contribution in [-0.4, -0.2) is 11.7 Å². The SMILES string of the molecule is O=C1/C(=C/N(C(=O)c2ccco2)c2ccccc2)Sc2ccccc21. The summed E-state index contributed by atoms with van der Waals surface area (Å²) in [4.78, 5) is 28.3. The highest BCUT2D eigenvalue weighted by Gasteiger charge is 2.28. The Kier molecular flexibility index (Phi) is 3.99. The summed E-state index contributed by atoms with van der Waals surface area (Å²) in [6.07, 6.45) is 3.04. The van der Waals surface area contributed by atoms with Gasteiger partial charge < -0.3 is 4.42 Å². The molecule has 4 nitrogen and oxygen atoms in total. The number of hydrogen-bond donors (Lipinski definition) is 0. The van der Waals surface area contributed by atoms with Crippen LogP contribution in [0.4, 0.5) is 5.69 Å². The van der Waals surface area contributed by atoms with Crippen LogP contribution in [0.15, 0.2) is 93.4 Å². The number of amides is 1. The zero-order chi connectivity index (χ0) is 17.2. The van der Waals surface area contributed by atoms with Crippen molar-refractivity contribution >= 4 is 29.1 Å². The summed E-state index contributed by atoms with van der Waals surface area (Å²) >= 11 is 1.37. The molecule has 0 N–H and O–H groups in total. The van der Waals surface area contributed by atoms with E-state index in [1.54, 1.807) is 24.4 Å². The molecule has 4 rings (SSSR count). The van der Waals surface area contributed by atoms with Gasteiger partial charge in [0.2, 0.25) is 5.78 Å². The molecule has 0 unspecified atom stereocenters. The predicted octanol–water partition coefficient (Wildman–Crippen LogP) is 4.76. The van der Waals surface area contributed by atoms with Gasteiger partial charge in [0.05, 0.1) is 11.2 Å². The second-order valence-corrected chi connectivity index (χ2v) is 6.49. The number of para-hydroxylation sites is 1. The minimum atomic E-state index is -0.326. The Labute approximate surface area is 148 Å². The first kappa shape index (κ1) is 15.5. The third-order valence-corrected chi connectivity index (χ3v) is 4.89. The first-order chi connectivity index (χ1) is 12.2. The summed E-state index contributed by atoms with van der Waals surface area (Å²) in [5, 5.41) is 0. The molecule has 0 saturated carbocycles. The number of rotatable bonds is 3. The number of furan rings is 1. The van der Waals surface area contributed by atoms with Crippen molar-refractivity contribution in [3.05, 3.63) is 95.4 Å². The van der Waals surface area contributed by atoms with Gasteiger partial charge in [0, 0.05) is 22.3 Å². The Bertz CT molecular complexity index is 962. The largest absolute Gasteiger partial charge is 0.459 e. The van der Waals surface area contributed by atoms with Gasteiger partial charge >= 0.3 is 0 Å². The monoisotopic (exact) mass is 347 g/mol. The van der Waals surface area contributed by atoms with Crippen molar-refractivity contribution in [1.29, 1.82) is 0 Å². The molecule has 5 heteroatoms. The molecule has 122 valence electrons. The third-order valence-electron chi connectivity index (χ3n) is 3.81. The molecule has 0 atom stereocenters. The highest BCUT2D eigenvalue weighted by Crippen LogP contribution is 2.40. The number of carbonyl (C=O) groups is 2. The van der Waals surface area contributed by atoms with Crippen molar-refractivity contribution in [2.24, 2.45) is 0 Å². The summed E-state index contributed by atoms with van der Waals surface area (Å²) in [6, 6.07) is 19.9. The van der Waals surface area contributed by atoms with Crippen molar-refractivity contribution in [2.45, 2.75) is 4.90 Å². The molecule has 1 aromatic heterocycles. The number of allylic oxidation sites excluding steroid dienone is 1. The summed E-state index contributed by atoms with van der Waals surface area (Å²) in [6.45, 7) is 0. The number of hydrogen-bond acceptors (Lipinski definition) is 4. The molecule has 25 heavy (non-hydrogen) atoms. The maximum atomic E-state index is 12.8. The van der Waals surface area contributed by atoms with Gasteiger partial charge in [-0.2, -0.15) is 0 Å². The summed E-state index contributed by atoms with van der Waals surface area (Å²) in [5.74, 6) is -0.185. The molecule has 1 aliphatic rings. The van der Waals surface area contributed by atoms with Crippen LogP contribution in [0.2, 0.25) is 0 Å². The summed E-state index contributed by atoms with van der Waals surface area (Å²) < 4.78 is 5.24. The van der Waals surface area contributed by atoms with E-state index < -0.39 is 0 Å². The predicted molar refractivity (Wildman–Crippen MR) is 96.7 cm³/mol. The van der Waals surface area contributed by atoms with Crippen molar-refractivity contribution in [3.8, 4) is 0 Å². The standard InChI is InChI=1S/C20H13NO3S/c22-19-15-9-4-5-11-17(15)25-18(19)13-21(14-7-2-1-3-8-14)20(23)16-10-6-12-24-16/h1-13H/b18-13-. The number of ketones is 1. The Hall–Kier alpha value is -3.05. The van der Waals surface area contributed by atoms with Crippen LogP contribution in [-0.2, 0) is 0 Å². The second kappa shape index (κ2) is 6.45. The second-order valence-electron chi connectivity index (χ2n) is 5.41. The van der Waals surface area contributed by atoms with E-state index in [4.69, 9.17) is 4.42 Å². The Morgan fingerprint density at radius 1 is 0.960 bits per heavy atom. The molecule has 1 aliphatic heterocycles. The first-order valence-corrected chi connectivity index (χ1v) is 8.51. The molecular formula is C20H13NO3S. The van der Waals surface area contributed by atoms with Gasteiger partial charge in [-0.25, -0.2) is 0 Å². The van der Waals surface area contributed by atoms with Crippen LogP contribution < -0.4 is 4.90 Å². The molecule has 0 spiro atoms. The maximum absolute atomic E-state index is 12.8. The fourth-order valence-electron chi connectivity index (χ4n) is 2.60. The van der Waals surface area contributed by atoms with Crippen LogP contribution in [0, 0.1) is 0 Å². The summed E-state index contributed by atoms with van der Waals surface area (Å²) in [7, 11) is 0. The van der Waals surface area contributed by atoms with Crippen LogP contribution in [0.1, 0.15) is 20.9 Å². The van der Waals surface area contributed by atoms with Crippen LogP contribution >= 0.6 is 11.8 Å². The topological polar surface area (TPSA) is 50.5 Å². The van der Waals surface area contributed by atoms with Crippen molar-refractivity contribution in [2.75, 3.05) is 4.90 Å². The number of nitrogens with zero attached hydrogens (tertiary/aromatic N) is 1. The zero-order valence-corrected chi connectivity index (χ0v) is 13.9. The molecule has 1 amide bonds. The number of carbonyl (C=O) groups excluding carboxylic acids is 2. The number of anilines is 1. The van der Waals surface area contributed by atoms with Crippen LogP contribution in [0.25, 0.3) is 0 Å². The lowest BCUT2D eigenvalue weighted by Crippen LogP contribution is -2.25.